The van der Waals surface area contributed by atoms with Crippen molar-refractivity contribution >= 4 is 22.3 Å². The molecule has 1 aromatic heterocycles. The fourth-order valence-corrected chi connectivity index (χ4v) is 2.04. The summed E-state index contributed by atoms with van der Waals surface area (Å²) >= 11 is 1.50. The summed E-state index contributed by atoms with van der Waals surface area (Å²) in [6.07, 6.45) is 0. The van der Waals surface area contributed by atoms with Crippen LogP contribution >= 0.6 is 11.3 Å². The molecule has 0 aliphatic carbocycles. The van der Waals surface area contributed by atoms with Crippen LogP contribution in [0.3, 0.4) is 0 Å². The minimum Gasteiger partial charge on any atom is -0.384 e. The highest BCUT2D eigenvalue weighted by Crippen LogP contribution is 2.16. The monoisotopic (exact) mass is 247 g/mol. The van der Waals surface area contributed by atoms with Crippen LogP contribution < -0.4 is 10.6 Å². The average Bonchev–Trinajstić information content (AvgIpc) is 2.82. The lowest BCUT2D eigenvalue weighted by Gasteiger charge is -2.15. The van der Waals surface area contributed by atoms with E-state index in [0.717, 1.165) is 22.8 Å². The number of aromatic nitrogens is 2. The zero-order valence-electron chi connectivity index (χ0n) is 9.42. The van der Waals surface area contributed by atoms with Crippen molar-refractivity contribution < 1.29 is 0 Å². The molecule has 0 amide bonds. The van der Waals surface area contributed by atoms with Crippen molar-refractivity contribution in [2.24, 2.45) is 5.73 Å². The molecule has 88 valence electrons. The highest BCUT2D eigenvalue weighted by Gasteiger charge is 2.06. The lowest BCUT2D eigenvalue weighted by atomic mass is 10.1. The number of hydrogen-bond donors (Lipinski definition) is 2. The van der Waals surface area contributed by atoms with Crippen molar-refractivity contribution in [1.29, 1.82) is 5.41 Å². The molecule has 5 nitrogen and oxygen atoms in total. The van der Waals surface area contributed by atoms with Gasteiger partial charge in [0.1, 0.15) is 11.3 Å². The highest BCUT2D eigenvalue weighted by molar-refractivity contribution is 7.13. The third-order valence-corrected chi connectivity index (χ3v) is 3.14. The van der Waals surface area contributed by atoms with E-state index in [9.17, 15) is 0 Å². The van der Waals surface area contributed by atoms with Gasteiger partial charge in [0.25, 0.3) is 0 Å². The van der Waals surface area contributed by atoms with E-state index < -0.39 is 0 Å². The van der Waals surface area contributed by atoms with E-state index in [0.29, 0.717) is 0 Å². The summed E-state index contributed by atoms with van der Waals surface area (Å²) in [6, 6.07) is 7.65. The molecule has 1 heterocycles. The lowest BCUT2D eigenvalue weighted by molar-refractivity contribution is 0.893. The van der Waals surface area contributed by atoms with Gasteiger partial charge in [0.15, 0.2) is 0 Å². The summed E-state index contributed by atoms with van der Waals surface area (Å²) in [7, 11) is 1.96. The van der Waals surface area contributed by atoms with Gasteiger partial charge in [0.05, 0.1) is 0 Å². The molecule has 1 aromatic carbocycles. The second-order valence-corrected chi connectivity index (χ2v) is 4.50. The first-order valence-corrected chi connectivity index (χ1v) is 5.95. The first kappa shape index (κ1) is 11.5. The molecule has 6 heteroatoms. The molecule has 0 aliphatic rings. The summed E-state index contributed by atoms with van der Waals surface area (Å²) in [5.74, 6) is 0.0884. The van der Waals surface area contributed by atoms with Crippen molar-refractivity contribution in [3.8, 4) is 0 Å². The average molecular weight is 247 g/mol. The van der Waals surface area contributed by atoms with Gasteiger partial charge in [-0.2, -0.15) is 0 Å². The Balaban J connectivity index is 2.13. The largest absolute Gasteiger partial charge is 0.384 e. The Morgan fingerprint density at radius 1 is 1.53 bits per heavy atom. The fourth-order valence-electron chi connectivity index (χ4n) is 1.51. The molecule has 0 bridgehead atoms. The summed E-state index contributed by atoms with van der Waals surface area (Å²) in [5, 5.41) is 16.1. The van der Waals surface area contributed by atoms with E-state index in [-0.39, 0.29) is 5.84 Å². The van der Waals surface area contributed by atoms with Crippen molar-refractivity contribution in [2.45, 2.75) is 6.54 Å². The normalized spacial score (nSPS) is 10.2. The molecule has 0 fully saturated rings. The number of anilines is 1. The molecule has 0 unspecified atom stereocenters. The molecule has 3 N–H and O–H groups in total. The van der Waals surface area contributed by atoms with Gasteiger partial charge >= 0.3 is 0 Å². The predicted molar refractivity (Wildman–Crippen MR) is 69.5 cm³/mol. The van der Waals surface area contributed by atoms with Gasteiger partial charge in [-0.05, 0) is 11.6 Å². The third-order valence-electron chi connectivity index (χ3n) is 2.33. The van der Waals surface area contributed by atoms with Crippen LogP contribution in [0, 0.1) is 5.41 Å². The second kappa shape index (κ2) is 4.92. The Morgan fingerprint density at radius 2 is 2.35 bits per heavy atom. The van der Waals surface area contributed by atoms with Crippen molar-refractivity contribution in [2.75, 3.05) is 11.9 Å². The fraction of sp³-hybridized carbons (Fsp3) is 0.182. The molecule has 0 saturated carbocycles. The van der Waals surface area contributed by atoms with Gasteiger partial charge in [0, 0.05) is 19.2 Å². The first-order chi connectivity index (χ1) is 8.16. The minimum absolute atomic E-state index is 0.0884. The summed E-state index contributed by atoms with van der Waals surface area (Å²) in [6.45, 7) is 0.719. The van der Waals surface area contributed by atoms with Crippen LogP contribution in [0.25, 0.3) is 0 Å². The molecule has 0 aliphatic heterocycles. The van der Waals surface area contributed by atoms with Crippen LogP contribution in [0.1, 0.15) is 11.1 Å². The van der Waals surface area contributed by atoms with Crippen molar-refractivity contribution in [3.05, 3.63) is 40.9 Å². The van der Waals surface area contributed by atoms with Crippen molar-refractivity contribution in [3.63, 3.8) is 0 Å². The lowest BCUT2D eigenvalue weighted by Crippen LogP contribution is -2.17. The van der Waals surface area contributed by atoms with E-state index in [4.69, 9.17) is 11.1 Å². The number of benzene rings is 1. The van der Waals surface area contributed by atoms with Crippen LogP contribution in [0.4, 0.5) is 5.13 Å². The predicted octanol–water partition coefficient (Wildman–Crippen LogP) is 1.46. The Labute approximate surface area is 103 Å². The molecule has 0 atom stereocenters. The standard InChI is InChI=1S/C11H13N5S/c1-16(11-15-14-7-17-11)6-8-3-2-4-9(5-8)10(12)13/h2-5,7H,6H2,1H3,(H3,12,13). The number of rotatable bonds is 4. The molecular weight excluding hydrogens is 234 g/mol. The summed E-state index contributed by atoms with van der Waals surface area (Å²) in [4.78, 5) is 2.01. The molecule has 0 spiro atoms. The van der Waals surface area contributed by atoms with Gasteiger partial charge in [0.2, 0.25) is 5.13 Å². The van der Waals surface area contributed by atoms with E-state index in [1.807, 2.05) is 36.2 Å². The van der Waals surface area contributed by atoms with Crippen LogP contribution in [-0.2, 0) is 6.54 Å². The van der Waals surface area contributed by atoms with E-state index in [1.165, 1.54) is 11.3 Å². The molecule has 0 saturated heterocycles. The highest BCUT2D eigenvalue weighted by atomic mass is 32.1. The van der Waals surface area contributed by atoms with Gasteiger partial charge in [-0.15, -0.1) is 10.2 Å². The van der Waals surface area contributed by atoms with Crippen LogP contribution in [-0.4, -0.2) is 23.1 Å². The molecule has 0 radical (unpaired) electrons. The molecule has 17 heavy (non-hydrogen) atoms. The maximum atomic E-state index is 7.40. The Kier molecular flexibility index (Phi) is 3.34. The van der Waals surface area contributed by atoms with Crippen LogP contribution in [0.5, 0.6) is 0 Å². The maximum absolute atomic E-state index is 7.40. The maximum Gasteiger partial charge on any atom is 0.208 e. The van der Waals surface area contributed by atoms with Crippen LogP contribution in [0.15, 0.2) is 29.8 Å². The zero-order chi connectivity index (χ0) is 12.3. The van der Waals surface area contributed by atoms with Gasteiger partial charge in [-0.1, -0.05) is 29.5 Å². The topological polar surface area (TPSA) is 78.9 Å². The van der Waals surface area contributed by atoms with Gasteiger partial charge < -0.3 is 10.6 Å². The minimum atomic E-state index is 0.0884. The summed E-state index contributed by atoms with van der Waals surface area (Å²) in [5.41, 5.74) is 9.00. The van der Waals surface area contributed by atoms with Gasteiger partial charge in [-0.25, -0.2) is 0 Å². The van der Waals surface area contributed by atoms with Crippen LogP contribution in [0.2, 0.25) is 0 Å². The third kappa shape index (κ3) is 2.79. The Bertz CT molecular complexity index is 508. The second-order valence-electron chi connectivity index (χ2n) is 3.69. The van der Waals surface area contributed by atoms with E-state index in [2.05, 4.69) is 10.2 Å². The summed E-state index contributed by atoms with van der Waals surface area (Å²) < 4.78 is 0. The number of nitrogens with zero attached hydrogens (tertiary/aromatic N) is 3. The van der Waals surface area contributed by atoms with Gasteiger partial charge in [-0.3, -0.25) is 5.41 Å². The molecule has 2 rings (SSSR count). The first-order valence-electron chi connectivity index (χ1n) is 5.07. The smallest absolute Gasteiger partial charge is 0.208 e. The zero-order valence-corrected chi connectivity index (χ0v) is 10.2. The SMILES string of the molecule is CN(Cc1cccc(C(=N)N)c1)c1nncs1. The molecular formula is C11H13N5S. The number of nitrogens with two attached hydrogens (primary N) is 1. The van der Waals surface area contributed by atoms with Crippen molar-refractivity contribution in [1.82, 2.24) is 10.2 Å². The molecule has 2 aromatic rings. The number of nitrogen functional groups attached to an aromatic ring is 1. The number of amidine groups is 1. The number of hydrogen-bond acceptors (Lipinski definition) is 5. The van der Waals surface area contributed by atoms with E-state index in [1.54, 1.807) is 5.51 Å². The van der Waals surface area contributed by atoms with E-state index >= 15 is 0 Å². The number of nitrogens with one attached hydrogen (secondary N) is 1. The Hall–Kier alpha value is -1.95. The quantitative estimate of drug-likeness (QED) is 0.633. The Morgan fingerprint density at radius 3 is 3.00 bits per heavy atom.